The van der Waals surface area contributed by atoms with Gasteiger partial charge in [-0.25, -0.2) is 4.98 Å². The van der Waals surface area contributed by atoms with Gasteiger partial charge in [-0.2, -0.15) is 0 Å². The maximum atomic E-state index is 11.4. The van der Waals surface area contributed by atoms with Crippen LogP contribution in [-0.2, 0) is 0 Å². The molecule has 0 aromatic carbocycles. The highest BCUT2D eigenvalue weighted by Crippen LogP contribution is 2.31. The Balaban J connectivity index is 1.78. The van der Waals surface area contributed by atoms with E-state index in [0.29, 0.717) is 17.8 Å². The summed E-state index contributed by atoms with van der Waals surface area (Å²) in [5.41, 5.74) is 1.60. The molecule has 2 heterocycles. The summed E-state index contributed by atoms with van der Waals surface area (Å²) >= 11 is 0. The second-order valence-corrected chi connectivity index (χ2v) is 4.88. The van der Waals surface area contributed by atoms with Crippen molar-refractivity contribution in [2.24, 2.45) is 0 Å². The zero-order valence-electron chi connectivity index (χ0n) is 10.5. The van der Waals surface area contributed by atoms with Gasteiger partial charge in [0.2, 0.25) is 0 Å². The molecule has 5 nitrogen and oxygen atoms in total. The van der Waals surface area contributed by atoms with Gasteiger partial charge >= 0.3 is 0 Å². The first-order chi connectivity index (χ1) is 8.79. The van der Waals surface area contributed by atoms with Crippen molar-refractivity contribution in [3.05, 3.63) is 24.0 Å². The second kappa shape index (κ2) is 4.57. The molecule has 0 radical (unpaired) electrons. The van der Waals surface area contributed by atoms with Crippen LogP contribution >= 0.6 is 0 Å². The van der Waals surface area contributed by atoms with E-state index < -0.39 is 0 Å². The van der Waals surface area contributed by atoms with E-state index in [1.54, 1.807) is 13.1 Å². The third-order valence-electron chi connectivity index (χ3n) is 3.94. The van der Waals surface area contributed by atoms with E-state index in [4.69, 9.17) is 0 Å². The van der Waals surface area contributed by atoms with Crippen molar-refractivity contribution in [1.82, 2.24) is 15.6 Å². The molecule has 1 saturated carbocycles. The SMILES string of the molecule is CNC(=O)c1ccc(N2CCNC3CCC32)cn1. The van der Waals surface area contributed by atoms with Crippen molar-refractivity contribution in [2.75, 3.05) is 25.0 Å². The normalized spacial score (nSPS) is 26.2. The van der Waals surface area contributed by atoms with Crippen molar-refractivity contribution < 1.29 is 4.79 Å². The molecule has 2 N–H and O–H groups in total. The molecule has 1 aliphatic carbocycles. The van der Waals surface area contributed by atoms with Crippen LogP contribution in [0, 0.1) is 0 Å². The summed E-state index contributed by atoms with van der Waals surface area (Å²) in [7, 11) is 1.62. The molecular formula is C13H18N4O. The van der Waals surface area contributed by atoms with Gasteiger partial charge in [-0.05, 0) is 25.0 Å². The molecule has 1 saturated heterocycles. The van der Waals surface area contributed by atoms with Crippen LogP contribution in [0.15, 0.2) is 18.3 Å². The number of anilines is 1. The Hall–Kier alpha value is -1.62. The average Bonchev–Trinajstić information content (AvgIpc) is 2.39. The van der Waals surface area contributed by atoms with E-state index in [2.05, 4.69) is 20.5 Å². The number of hydrogen-bond donors (Lipinski definition) is 2. The quantitative estimate of drug-likeness (QED) is 0.792. The Morgan fingerprint density at radius 3 is 3.00 bits per heavy atom. The monoisotopic (exact) mass is 246 g/mol. The third kappa shape index (κ3) is 1.84. The predicted octanol–water partition coefficient (Wildman–Crippen LogP) is 0.382. The van der Waals surface area contributed by atoms with Gasteiger partial charge in [0, 0.05) is 32.2 Å². The van der Waals surface area contributed by atoms with E-state index in [1.807, 2.05) is 12.3 Å². The van der Waals surface area contributed by atoms with Crippen molar-refractivity contribution >= 4 is 11.6 Å². The first kappa shape index (κ1) is 11.5. The third-order valence-corrected chi connectivity index (χ3v) is 3.94. The fourth-order valence-corrected chi connectivity index (χ4v) is 2.77. The number of rotatable bonds is 2. The number of pyridine rings is 1. The molecule has 1 aliphatic heterocycles. The highest BCUT2D eigenvalue weighted by molar-refractivity contribution is 5.92. The average molecular weight is 246 g/mol. The zero-order chi connectivity index (χ0) is 12.5. The lowest BCUT2D eigenvalue weighted by atomic mass is 9.83. The number of hydrogen-bond acceptors (Lipinski definition) is 4. The first-order valence-corrected chi connectivity index (χ1v) is 6.48. The Labute approximate surface area is 107 Å². The van der Waals surface area contributed by atoms with Crippen LogP contribution in [-0.4, -0.2) is 43.1 Å². The predicted molar refractivity (Wildman–Crippen MR) is 69.8 cm³/mol. The molecule has 1 amide bonds. The van der Waals surface area contributed by atoms with Crippen LogP contribution in [0.25, 0.3) is 0 Å². The molecule has 0 bridgehead atoms. The minimum absolute atomic E-state index is 0.136. The largest absolute Gasteiger partial charge is 0.364 e. The Morgan fingerprint density at radius 2 is 2.39 bits per heavy atom. The molecule has 18 heavy (non-hydrogen) atoms. The van der Waals surface area contributed by atoms with Crippen molar-refractivity contribution in [3.8, 4) is 0 Å². The topological polar surface area (TPSA) is 57.3 Å². The number of piperazine rings is 1. The molecule has 2 atom stereocenters. The summed E-state index contributed by atoms with van der Waals surface area (Å²) < 4.78 is 0. The fraction of sp³-hybridized carbons (Fsp3) is 0.538. The van der Waals surface area contributed by atoms with Gasteiger partial charge in [0.25, 0.3) is 5.91 Å². The standard InChI is InChI=1S/C13H18N4O/c1-14-13(18)11-3-2-9(8-16-11)17-7-6-15-10-4-5-12(10)17/h2-3,8,10,12,15H,4-7H2,1H3,(H,14,18). The molecular weight excluding hydrogens is 228 g/mol. The number of nitrogens with zero attached hydrogens (tertiary/aromatic N) is 2. The molecule has 0 spiro atoms. The van der Waals surface area contributed by atoms with Crippen LogP contribution in [0.4, 0.5) is 5.69 Å². The van der Waals surface area contributed by atoms with Gasteiger partial charge in [-0.15, -0.1) is 0 Å². The maximum Gasteiger partial charge on any atom is 0.269 e. The number of amides is 1. The van der Waals surface area contributed by atoms with Gasteiger partial charge in [-0.3, -0.25) is 4.79 Å². The van der Waals surface area contributed by atoms with Gasteiger partial charge < -0.3 is 15.5 Å². The zero-order valence-corrected chi connectivity index (χ0v) is 10.5. The van der Waals surface area contributed by atoms with Crippen molar-refractivity contribution in [2.45, 2.75) is 24.9 Å². The smallest absolute Gasteiger partial charge is 0.269 e. The van der Waals surface area contributed by atoms with E-state index in [0.717, 1.165) is 18.8 Å². The number of carbonyl (C=O) groups excluding carboxylic acids is 1. The minimum atomic E-state index is -0.136. The van der Waals surface area contributed by atoms with E-state index >= 15 is 0 Å². The van der Waals surface area contributed by atoms with E-state index in [9.17, 15) is 4.79 Å². The molecule has 2 aliphatic rings. The molecule has 2 fully saturated rings. The summed E-state index contributed by atoms with van der Waals surface area (Å²) in [6.45, 7) is 2.04. The molecule has 96 valence electrons. The fourth-order valence-electron chi connectivity index (χ4n) is 2.77. The van der Waals surface area contributed by atoms with Crippen molar-refractivity contribution in [3.63, 3.8) is 0 Å². The lowest BCUT2D eigenvalue weighted by molar-refractivity contribution is 0.0958. The second-order valence-electron chi connectivity index (χ2n) is 4.88. The van der Waals surface area contributed by atoms with Crippen LogP contribution in [0.3, 0.4) is 0 Å². The van der Waals surface area contributed by atoms with Gasteiger partial charge in [0.15, 0.2) is 0 Å². The lowest BCUT2D eigenvalue weighted by Crippen LogP contribution is -2.63. The van der Waals surface area contributed by atoms with Crippen LogP contribution in [0.2, 0.25) is 0 Å². The molecule has 5 heteroatoms. The Kier molecular flexibility index (Phi) is 2.91. The summed E-state index contributed by atoms with van der Waals surface area (Å²) in [5, 5.41) is 6.11. The number of carbonyl (C=O) groups is 1. The van der Waals surface area contributed by atoms with Crippen molar-refractivity contribution in [1.29, 1.82) is 0 Å². The molecule has 3 rings (SSSR count). The number of nitrogens with one attached hydrogen (secondary N) is 2. The number of fused-ring (bicyclic) bond motifs is 1. The minimum Gasteiger partial charge on any atom is -0.364 e. The Morgan fingerprint density at radius 1 is 1.50 bits per heavy atom. The van der Waals surface area contributed by atoms with E-state index in [1.165, 1.54) is 12.8 Å². The maximum absolute atomic E-state index is 11.4. The van der Waals surface area contributed by atoms with E-state index in [-0.39, 0.29) is 5.91 Å². The van der Waals surface area contributed by atoms with Gasteiger partial charge in [0.05, 0.1) is 11.9 Å². The summed E-state index contributed by atoms with van der Waals surface area (Å²) in [5.74, 6) is -0.136. The van der Waals surface area contributed by atoms with Crippen LogP contribution < -0.4 is 15.5 Å². The van der Waals surface area contributed by atoms with Crippen LogP contribution in [0.5, 0.6) is 0 Å². The lowest BCUT2D eigenvalue weighted by Gasteiger charge is -2.49. The summed E-state index contributed by atoms with van der Waals surface area (Å²) in [4.78, 5) is 18.1. The van der Waals surface area contributed by atoms with Crippen LogP contribution in [0.1, 0.15) is 23.3 Å². The Bertz CT molecular complexity index is 445. The molecule has 2 unspecified atom stereocenters. The summed E-state index contributed by atoms with van der Waals surface area (Å²) in [6.07, 6.45) is 4.32. The highest BCUT2D eigenvalue weighted by Gasteiger charge is 2.38. The van der Waals surface area contributed by atoms with Gasteiger partial charge in [-0.1, -0.05) is 0 Å². The summed E-state index contributed by atoms with van der Waals surface area (Å²) in [6, 6.07) is 5.03. The number of aromatic nitrogens is 1. The molecule has 1 aromatic rings. The van der Waals surface area contributed by atoms with Gasteiger partial charge in [0.1, 0.15) is 5.69 Å². The molecule has 1 aromatic heterocycles. The highest BCUT2D eigenvalue weighted by atomic mass is 16.1. The first-order valence-electron chi connectivity index (χ1n) is 6.48.